The predicted octanol–water partition coefficient (Wildman–Crippen LogP) is 9.44. The quantitative estimate of drug-likeness (QED) is 0.181. The number of pyridine rings is 1. The number of nitrogens with zero attached hydrogens (tertiary/aromatic N) is 6. The molecular formula is C40H24N6O. The molecule has 0 spiro atoms. The van der Waals surface area contributed by atoms with Crippen molar-refractivity contribution >= 4 is 32.7 Å². The molecule has 0 saturated heterocycles. The van der Waals surface area contributed by atoms with E-state index in [0.29, 0.717) is 17.5 Å². The first-order valence-corrected chi connectivity index (χ1v) is 15.3. The maximum Gasteiger partial charge on any atom is 0.164 e. The highest BCUT2D eigenvalue weighted by Crippen LogP contribution is 2.37. The Kier molecular flexibility index (Phi) is 6.31. The van der Waals surface area contributed by atoms with E-state index in [4.69, 9.17) is 24.6 Å². The SMILES string of the molecule is c1ccc(-c2nc(-c3ccccc3)nc(-c3ccc(-c4cccc(-c5nc6ccccc6c6c5ccc5nonc56)c4)cc3)n2)cc1. The zero-order chi connectivity index (χ0) is 31.2. The smallest absolute Gasteiger partial charge is 0.164 e. The summed E-state index contributed by atoms with van der Waals surface area (Å²) in [6.07, 6.45) is 0. The molecular weight excluding hydrogens is 580 g/mol. The molecule has 0 aliphatic heterocycles. The number of rotatable bonds is 5. The van der Waals surface area contributed by atoms with Crippen LogP contribution in [0.2, 0.25) is 0 Å². The third kappa shape index (κ3) is 4.78. The molecule has 9 aromatic rings. The Morgan fingerprint density at radius 2 is 0.936 bits per heavy atom. The highest BCUT2D eigenvalue weighted by atomic mass is 16.6. The minimum absolute atomic E-state index is 0.624. The maximum absolute atomic E-state index is 5.12. The molecule has 0 bridgehead atoms. The Bertz CT molecular complexity index is 2510. The summed E-state index contributed by atoms with van der Waals surface area (Å²) in [6.45, 7) is 0. The predicted molar refractivity (Wildman–Crippen MR) is 185 cm³/mol. The van der Waals surface area contributed by atoms with E-state index in [1.54, 1.807) is 0 Å². The summed E-state index contributed by atoms with van der Waals surface area (Å²) in [4.78, 5) is 19.7. The molecule has 3 heterocycles. The van der Waals surface area contributed by atoms with Crippen LogP contribution in [0.25, 0.3) is 89.3 Å². The number of para-hydroxylation sites is 1. The molecule has 0 aliphatic carbocycles. The zero-order valence-electron chi connectivity index (χ0n) is 24.9. The molecule has 0 unspecified atom stereocenters. The molecule has 47 heavy (non-hydrogen) atoms. The number of hydrogen-bond donors (Lipinski definition) is 0. The Hall–Kier alpha value is -6.60. The lowest BCUT2D eigenvalue weighted by molar-refractivity contribution is 0.316. The second kappa shape index (κ2) is 11.1. The minimum Gasteiger partial charge on any atom is -0.247 e. The van der Waals surface area contributed by atoms with Crippen LogP contribution >= 0.6 is 0 Å². The average molecular weight is 605 g/mol. The molecule has 0 atom stereocenters. The second-order valence-electron chi connectivity index (χ2n) is 11.3. The minimum atomic E-state index is 0.624. The Morgan fingerprint density at radius 3 is 1.64 bits per heavy atom. The van der Waals surface area contributed by atoms with Gasteiger partial charge in [-0.15, -0.1) is 0 Å². The number of fused-ring (bicyclic) bond motifs is 5. The van der Waals surface area contributed by atoms with Gasteiger partial charge < -0.3 is 0 Å². The van der Waals surface area contributed by atoms with E-state index in [9.17, 15) is 0 Å². The van der Waals surface area contributed by atoms with Crippen molar-refractivity contribution in [3.63, 3.8) is 0 Å². The van der Waals surface area contributed by atoms with Gasteiger partial charge in [0.15, 0.2) is 17.5 Å². The van der Waals surface area contributed by atoms with Crippen LogP contribution in [0.3, 0.4) is 0 Å². The molecule has 0 amide bonds. The van der Waals surface area contributed by atoms with Gasteiger partial charge in [0.2, 0.25) is 0 Å². The fraction of sp³-hybridized carbons (Fsp3) is 0. The van der Waals surface area contributed by atoms with Crippen LogP contribution in [-0.2, 0) is 0 Å². The van der Waals surface area contributed by atoms with Crippen LogP contribution < -0.4 is 0 Å². The fourth-order valence-corrected chi connectivity index (χ4v) is 6.10. The first kappa shape index (κ1) is 26.8. The summed E-state index contributed by atoms with van der Waals surface area (Å²) in [6, 6.07) is 48.9. The van der Waals surface area contributed by atoms with Crippen molar-refractivity contribution in [1.29, 1.82) is 0 Å². The highest BCUT2D eigenvalue weighted by molar-refractivity contribution is 6.20. The van der Waals surface area contributed by atoms with Crippen molar-refractivity contribution in [1.82, 2.24) is 30.2 Å². The van der Waals surface area contributed by atoms with E-state index in [2.05, 4.69) is 71.0 Å². The standard InChI is InChI=1S/C40H24N6O/c1-3-10-26(11-4-1)38-42-39(27-12-5-2-6-13-27)44-40(43-38)28-20-18-25(19-21-28)29-14-9-15-30(24-29)36-32-22-23-34-37(46-47-45-34)35(32)31-16-7-8-17-33(31)41-36/h1-24H. The van der Waals surface area contributed by atoms with Gasteiger partial charge in [0.25, 0.3) is 0 Å². The van der Waals surface area contributed by atoms with Crippen LogP contribution in [0.4, 0.5) is 0 Å². The van der Waals surface area contributed by atoms with Crippen molar-refractivity contribution < 1.29 is 4.63 Å². The van der Waals surface area contributed by atoms with Crippen molar-refractivity contribution in [3.8, 4) is 56.5 Å². The zero-order valence-corrected chi connectivity index (χ0v) is 24.9. The average Bonchev–Trinajstić information content (AvgIpc) is 3.65. The molecule has 0 aliphatic rings. The van der Waals surface area contributed by atoms with Gasteiger partial charge in [-0.05, 0) is 45.7 Å². The number of aromatic nitrogens is 6. The van der Waals surface area contributed by atoms with Gasteiger partial charge >= 0.3 is 0 Å². The molecule has 6 aromatic carbocycles. The fourth-order valence-electron chi connectivity index (χ4n) is 6.10. The lowest BCUT2D eigenvalue weighted by Crippen LogP contribution is -2.00. The Balaban J connectivity index is 1.12. The van der Waals surface area contributed by atoms with Gasteiger partial charge in [-0.3, -0.25) is 0 Å². The third-order valence-corrected chi connectivity index (χ3v) is 8.40. The van der Waals surface area contributed by atoms with Gasteiger partial charge in [-0.1, -0.05) is 121 Å². The van der Waals surface area contributed by atoms with Crippen molar-refractivity contribution in [2.45, 2.75) is 0 Å². The van der Waals surface area contributed by atoms with Crippen LogP contribution in [-0.4, -0.2) is 30.2 Å². The van der Waals surface area contributed by atoms with E-state index in [1.807, 2.05) is 84.9 Å². The second-order valence-corrected chi connectivity index (χ2v) is 11.3. The van der Waals surface area contributed by atoms with Crippen LogP contribution in [0.15, 0.2) is 150 Å². The first-order valence-electron chi connectivity index (χ1n) is 15.3. The van der Waals surface area contributed by atoms with E-state index >= 15 is 0 Å². The summed E-state index contributed by atoms with van der Waals surface area (Å²) < 4.78 is 5.11. The molecule has 7 nitrogen and oxygen atoms in total. The summed E-state index contributed by atoms with van der Waals surface area (Å²) in [5, 5.41) is 11.3. The lowest BCUT2D eigenvalue weighted by atomic mass is 9.96. The number of benzene rings is 6. The van der Waals surface area contributed by atoms with E-state index in [-0.39, 0.29) is 0 Å². The topological polar surface area (TPSA) is 90.5 Å². The molecule has 0 radical (unpaired) electrons. The summed E-state index contributed by atoms with van der Waals surface area (Å²) in [5.41, 5.74) is 9.18. The molecule has 3 aromatic heterocycles. The summed E-state index contributed by atoms with van der Waals surface area (Å²) in [5.74, 6) is 1.90. The van der Waals surface area contributed by atoms with Gasteiger partial charge in [0.05, 0.1) is 11.2 Å². The monoisotopic (exact) mass is 604 g/mol. The molecule has 9 rings (SSSR count). The Morgan fingerprint density at radius 1 is 0.362 bits per heavy atom. The van der Waals surface area contributed by atoms with Crippen LogP contribution in [0, 0.1) is 0 Å². The van der Waals surface area contributed by atoms with Crippen molar-refractivity contribution in [2.75, 3.05) is 0 Å². The van der Waals surface area contributed by atoms with Gasteiger partial charge in [-0.25, -0.2) is 24.6 Å². The third-order valence-electron chi connectivity index (χ3n) is 8.40. The molecule has 220 valence electrons. The molecule has 0 N–H and O–H groups in total. The maximum atomic E-state index is 5.12. The molecule has 0 saturated carbocycles. The summed E-state index contributed by atoms with van der Waals surface area (Å²) >= 11 is 0. The number of hydrogen-bond acceptors (Lipinski definition) is 7. The van der Waals surface area contributed by atoms with E-state index in [1.165, 1.54) is 0 Å². The van der Waals surface area contributed by atoms with Gasteiger partial charge in [0.1, 0.15) is 11.0 Å². The molecule has 7 heteroatoms. The Labute approximate surface area is 269 Å². The van der Waals surface area contributed by atoms with E-state index < -0.39 is 0 Å². The lowest BCUT2D eigenvalue weighted by Gasteiger charge is -2.12. The molecule has 0 fully saturated rings. The highest BCUT2D eigenvalue weighted by Gasteiger charge is 2.17. The summed E-state index contributed by atoms with van der Waals surface area (Å²) in [7, 11) is 0. The largest absolute Gasteiger partial charge is 0.247 e. The van der Waals surface area contributed by atoms with Crippen molar-refractivity contribution in [2.24, 2.45) is 0 Å². The van der Waals surface area contributed by atoms with Crippen LogP contribution in [0.1, 0.15) is 0 Å². The first-order chi connectivity index (χ1) is 23.3. The van der Waals surface area contributed by atoms with Gasteiger partial charge in [0, 0.05) is 38.4 Å². The van der Waals surface area contributed by atoms with Crippen molar-refractivity contribution in [3.05, 3.63) is 146 Å². The van der Waals surface area contributed by atoms with Crippen LogP contribution in [0.5, 0.6) is 0 Å². The van der Waals surface area contributed by atoms with Gasteiger partial charge in [-0.2, -0.15) is 0 Å². The normalized spacial score (nSPS) is 11.4. The van der Waals surface area contributed by atoms with E-state index in [0.717, 1.165) is 71.8 Å².